The van der Waals surface area contributed by atoms with Crippen molar-refractivity contribution in [1.29, 1.82) is 0 Å². The molecule has 2 rings (SSSR count). The van der Waals surface area contributed by atoms with Crippen LogP contribution in [-0.2, 0) is 6.42 Å². The normalized spacial score (nSPS) is 12.1. The maximum Gasteiger partial charge on any atom is 0.119 e. The highest BCUT2D eigenvalue weighted by molar-refractivity contribution is 6.30. The number of likely N-dealkylation sites (N-methyl/N-ethyl adjacent to an activating group) is 1. The van der Waals surface area contributed by atoms with Crippen LogP contribution < -0.4 is 10.1 Å². The molecule has 2 nitrogen and oxygen atoms in total. The molecule has 1 N–H and O–H groups in total. The summed E-state index contributed by atoms with van der Waals surface area (Å²) >= 11 is 6.05. The zero-order valence-corrected chi connectivity index (χ0v) is 13.4. The van der Waals surface area contributed by atoms with E-state index in [9.17, 15) is 0 Å². The number of nitrogens with one attached hydrogen (secondary N) is 1. The molecule has 2 aromatic rings. The Hall–Kier alpha value is -1.51. The summed E-state index contributed by atoms with van der Waals surface area (Å²) in [5.41, 5.74) is 2.48. The molecule has 0 aliphatic carbocycles. The lowest BCUT2D eigenvalue weighted by Gasteiger charge is -2.17. The summed E-state index contributed by atoms with van der Waals surface area (Å²) in [5, 5.41) is 4.15. The maximum atomic E-state index is 6.05. The Kier molecular flexibility index (Phi) is 6.09. The predicted octanol–water partition coefficient (Wildman–Crippen LogP) is 4.63. The summed E-state index contributed by atoms with van der Waals surface area (Å²) in [6, 6.07) is 16.6. The van der Waals surface area contributed by atoms with Gasteiger partial charge in [-0.2, -0.15) is 0 Å². The summed E-state index contributed by atoms with van der Waals surface area (Å²) < 4.78 is 5.62. The first-order valence-electron chi connectivity index (χ1n) is 7.37. The summed E-state index contributed by atoms with van der Waals surface area (Å²) in [5.74, 6) is 0.929. The molecule has 0 fully saturated rings. The minimum Gasteiger partial charge on any atom is -0.494 e. The van der Waals surface area contributed by atoms with Crippen LogP contribution in [0.4, 0.5) is 0 Å². The van der Waals surface area contributed by atoms with Crippen molar-refractivity contribution in [3.63, 3.8) is 0 Å². The first kappa shape index (κ1) is 15.9. The van der Waals surface area contributed by atoms with Crippen LogP contribution in [0.1, 0.15) is 30.5 Å². The van der Waals surface area contributed by atoms with E-state index in [1.165, 1.54) is 11.1 Å². The second kappa shape index (κ2) is 8.06. The van der Waals surface area contributed by atoms with E-state index in [0.717, 1.165) is 30.2 Å². The molecule has 0 radical (unpaired) electrons. The quantitative estimate of drug-likeness (QED) is 0.805. The van der Waals surface area contributed by atoms with E-state index in [0.29, 0.717) is 0 Å². The minimum atomic E-state index is 0.267. The second-order valence-corrected chi connectivity index (χ2v) is 5.53. The molecule has 0 heterocycles. The van der Waals surface area contributed by atoms with Gasteiger partial charge in [0.1, 0.15) is 5.75 Å². The molecule has 0 saturated carbocycles. The van der Waals surface area contributed by atoms with Crippen molar-refractivity contribution in [1.82, 2.24) is 5.32 Å². The predicted molar refractivity (Wildman–Crippen MR) is 89.2 cm³/mol. The fourth-order valence-corrected chi connectivity index (χ4v) is 2.52. The van der Waals surface area contributed by atoms with Crippen molar-refractivity contribution in [2.45, 2.75) is 25.8 Å². The van der Waals surface area contributed by atoms with Crippen molar-refractivity contribution in [2.75, 3.05) is 13.7 Å². The van der Waals surface area contributed by atoms with Gasteiger partial charge in [-0.25, -0.2) is 0 Å². The van der Waals surface area contributed by atoms with Gasteiger partial charge in [0.25, 0.3) is 0 Å². The van der Waals surface area contributed by atoms with Gasteiger partial charge in [-0.05, 0) is 55.3 Å². The smallest absolute Gasteiger partial charge is 0.119 e. The van der Waals surface area contributed by atoms with Crippen LogP contribution in [0.3, 0.4) is 0 Å². The van der Waals surface area contributed by atoms with Gasteiger partial charge < -0.3 is 10.1 Å². The Morgan fingerprint density at radius 1 is 1.14 bits per heavy atom. The van der Waals surface area contributed by atoms with Crippen LogP contribution in [0.2, 0.25) is 5.02 Å². The van der Waals surface area contributed by atoms with Gasteiger partial charge in [-0.15, -0.1) is 0 Å². The van der Waals surface area contributed by atoms with E-state index in [1.54, 1.807) is 0 Å². The molecular weight excluding hydrogens is 282 g/mol. The molecule has 3 heteroatoms. The number of hydrogen-bond acceptors (Lipinski definition) is 2. The van der Waals surface area contributed by atoms with Gasteiger partial charge in [0, 0.05) is 11.1 Å². The maximum absolute atomic E-state index is 6.05. The fraction of sp³-hybridized carbons (Fsp3) is 0.333. The van der Waals surface area contributed by atoms with Crippen molar-refractivity contribution in [3.8, 4) is 5.75 Å². The lowest BCUT2D eigenvalue weighted by Crippen LogP contribution is -2.18. The molecule has 1 unspecified atom stereocenters. The Labute approximate surface area is 132 Å². The van der Waals surface area contributed by atoms with Crippen molar-refractivity contribution < 1.29 is 4.74 Å². The highest BCUT2D eigenvalue weighted by atomic mass is 35.5. The third-order valence-corrected chi connectivity index (χ3v) is 3.67. The number of ether oxygens (including phenoxy) is 1. The molecule has 0 saturated heterocycles. The summed E-state index contributed by atoms with van der Waals surface area (Å²) in [6.45, 7) is 2.87. The molecule has 0 aliphatic rings. The van der Waals surface area contributed by atoms with E-state index in [4.69, 9.17) is 16.3 Å². The molecule has 112 valence electrons. The highest BCUT2D eigenvalue weighted by Gasteiger charge is 2.10. The molecule has 0 spiro atoms. The number of halogens is 1. The van der Waals surface area contributed by atoms with E-state index in [2.05, 4.69) is 30.4 Å². The van der Waals surface area contributed by atoms with Crippen LogP contribution in [0, 0.1) is 0 Å². The third-order valence-electron chi connectivity index (χ3n) is 3.43. The highest BCUT2D eigenvalue weighted by Crippen LogP contribution is 2.22. The summed E-state index contributed by atoms with van der Waals surface area (Å²) in [6.07, 6.45) is 1.93. The molecule has 0 aliphatic heterocycles. The molecule has 1 atom stereocenters. The Bertz CT molecular complexity index is 553. The Morgan fingerprint density at radius 3 is 2.52 bits per heavy atom. The monoisotopic (exact) mass is 303 g/mol. The molecular formula is C18H22ClNO. The summed E-state index contributed by atoms with van der Waals surface area (Å²) in [7, 11) is 1.98. The van der Waals surface area contributed by atoms with E-state index in [1.807, 2.05) is 37.4 Å². The SMILES string of the molecule is CCCOc1ccc(C(Cc2cccc(Cl)c2)NC)cc1. The largest absolute Gasteiger partial charge is 0.494 e. The first-order chi connectivity index (χ1) is 10.2. The van der Waals surface area contributed by atoms with Crippen LogP contribution >= 0.6 is 11.6 Å². The number of benzene rings is 2. The average molecular weight is 304 g/mol. The topological polar surface area (TPSA) is 21.3 Å². The van der Waals surface area contributed by atoms with Crippen LogP contribution in [0.15, 0.2) is 48.5 Å². The van der Waals surface area contributed by atoms with Crippen LogP contribution in [0.25, 0.3) is 0 Å². The second-order valence-electron chi connectivity index (χ2n) is 5.09. The Morgan fingerprint density at radius 2 is 1.90 bits per heavy atom. The lowest BCUT2D eigenvalue weighted by atomic mass is 9.99. The van der Waals surface area contributed by atoms with E-state index in [-0.39, 0.29) is 6.04 Å². The van der Waals surface area contributed by atoms with Gasteiger partial charge in [-0.3, -0.25) is 0 Å². The van der Waals surface area contributed by atoms with Gasteiger partial charge in [0.05, 0.1) is 6.61 Å². The van der Waals surface area contributed by atoms with Crippen molar-refractivity contribution in [2.24, 2.45) is 0 Å². The first-order valence-corrected chi connectivity index (χ1v) is 7.75. The van der Waals surface area contributed by atoms with Crippen molar-refractivity contribution >= 4 is 11.6 Å². The molecule has 0 bridgehead atoms. The third kappa shape index (κ3) is 4.76. The van der Waals surface area contributed by atoms with Gasteiger partial charge in [-0.1, -0.05) is 42.8 Å². The number of rotatable bonds is 7. The van der Waals surface area contributed by atoms with Crippen LogP contribution in [0.5, 0.6) is 5.75 Å². The zero-order chi connectivity index (χ0) is 15.1. The Balaban J connectivity index is 2.06. The molecule has 0 amide bonds. The standard InChI is InChI=1S/C18H22ClNO/c1-3-11-21-17-9-7-15(8-10-17)18(20-2)13-14-5-4-6-16(19)12-14/h4-10,12,18,20H,3,11,13H2,1-2H3. The molecule has 2 aromatic carbocycles. The van der Waals surface area contributed by atoms with E-state index < -0.39 is 0 Å². The lowest BCUT2D eigenvalue weighted by molar-refractivity contribution is 0.317. The molecule has 0 aromatic heterocycles. The van der Waals surface area contributed by atoms with Gasteiger partial charge >= 0.3 is 0 Å². The van der Waals surface area contributed by atoms with Crippen LogP contribution in [-0.4, -0.2) is 13.7 Å². The summed E-state index contributed by atoms with van der Waals surface area (Å²) in [4.78, 5) is 0. The minimum absolute atomic E-state index is 0.267. The van der Waals surface area contributed by atoms with Crippen molar-refractivity contribution in [3.05, 3.63) is 64.7 Å². The number of hydrogen-bond donors (Lipinski definition) is 1. The van der Waals surface area contributed by atoms with Gasteiger partial charge in [0.15, 0.2) is 0 Å². The van der Waals surface area contributed by atoms with E-state index >= 15 is 0 Å². The average Bonchev–Trinajstić information content (AvgIpc) is 2.51. The van der Waals surface area contributed by atoms with Gasteiger partial charge in [0.2, 0.25) is 0 Å². The fourth-order valence-electron chi connectivity index (χ4n) is 2.30. The molecule has 21 heavy (non-hydrogen) atoms. The zero-order valence-electron chi connectivity index (χ0n) is 12.6.